The van der Waals surface area contributed by atoms with Crippen LogP contribution < -0.4 is 5.32 Å². The number of sulfone groups is 1. The lowest BCUT2D eigenvalue weighted by atomic mass is 9.91. The number of rotatable bonds is 4. The maximum Gasteiger partial charge on any atom is 0.180 e. The zero-order valence-electron chi connectivity index (χ0n) is 15.2. The van der Waals surface area contributed by atoms with Crippen LogP contribution in [0.15, 0.2) is 71.6 Å². The third-order valence-electron chi connectivity index (χ3n) is 4.88. The van der Waals surface area contributed by atoms with Crippen LogP contribution in [0, 0.1) is 0 Å². The van der Waals surface area contributed by atoms with Crippen LogP contribution in [0.4, 0.5) is 0 Å². The molecule has 0 bridgehead atoms. The predicted molar refractivity (Wildman–Crippen MR) is 110 cm³/mol. The van der Waals surface area contributed by atoms with Crippen LogP contribution in [0.3, 0.4) is 0 Å². The first-order valence-corrected chi connectivity index (χ1v) is 10.5. The van der Waals surface area contributed by atoms with Gasteiger partial charge in [0.2, 0.25) is 0 Å². The molecule has 0 radical (unpaired) electrons. The Morgan fingerprint density at radius 2 is 1.73 bits per heavy atom. The van der Waals surface area contributed by atoms with Crippen LogP contribution in [0.2, 0.25) is 0 Å². The fourth-order valence-corrected chi connectivity index (χ4v) is 5.54. The van der Waals surface area contributed by atoms with Gasteiger partial charge >= 0.3 is 0 Å². The van der Waals surface area contributed by atoms with E-state index in [1.165, 1.54) is 0 Å². The molecule has 2 atom stereocenters. The van der Waals surface area contributed by atoms with Crippen molar-refractivity contribution >= 4 is 22.2 Å². The Bertz CT molecular complexity index is 865. The van der Waals surface area contributed by atoms with E-state index < -0.39 is 15.4 Å². The Morgan fingerprint density at radius 3 is 2.38 bits per heavy atom. The number of halogens is 1. The molecule has 2 aromatic rings. The average Bonchev–Trinajstić information content (AvgIpc) is 2.74. The van der Waals surface area contributed by atoms with Gasteiger partial charge in [-0.3, -0.25) is 5.32 Å². The van der Waals surface area contributed by atoms with Gasteiger partial charge in [0, 0.05) is 0 Å². The molecular weight excluding hydrogens is 366 g/mol. The van der Waals surface area contributed by atoms with Gasteiger partial charge in [-0.25, -0.2) is 8.42 Å². The van der Waals surface area contributed by atoms with E-state index >= 15 is 0 Å². The van der Waals surface area contributed by atoms with E-state index in [0.29, 0.717) is 11.3 Å². The van der Waals surface area contributed by atoms with Gasteiger partial charge in [-0.1, -0.05) is 74.5 Å². The van der Waals surface area contributed by atoms with Gasteiger partial charge in [-0.15, -0.1) is 12.4 Å². The summed E-state index contributed by atoms with van der Waals surface area (Å²) in [6.07, 6.45) is 5.70. The third-order valence-corrected chi connectivity index (χ3v) is 6.82. The van der Waals surface area contributed by atoms with Gasteiger partial charge in [-0.2, -0.15) is 0 Å². The molecule has 26 heavy (non-hydrogen) atoms. The molecule has 1 N–H and O–H groups in total. The summed E-state index contributed by atoms with van der Waals surface area (Å²) in [4.78, 5) is 0.441. The lowest BCUT2D eigenvalue weighted by Crippen LogP contribution is -2.48. The summed E-state index contributed by atoms with van der Waals surface area (Å²) in [5.41, 5.74) is 1.33. The minimum atomic E-state index is -3.38. The Hall–Kier alpha value is -1.62. The molecule has 2 aromatic carbocycles. The Balaban J connectivity index is 0.00000243. The summed E-state index contributed by atoms with van der Waals surface area (Å²) in [5.74, 6) is 0.0767. The van der Waals surface area contributed by atoms with Gasteiger partial charge in [0.1, 0.15) is 0 Å². The highest BCUT2D eigenvalue weighted by atomic mass is 35.5. The second-order valence-corrected chi connectivity index (χ2v) is 8.56. The lowest BCUT2D eigenvalue weighted by Gasteiger charge is -2.33. The summed E-state index contributed by atoms with van der Waals surface area (Å²) < 4.78 is 26.3. The molecule has 0 spiro atoms. The minimum absolute atomic E-state index is 0. The molecule has 1 heterocycles. The highest BCUT2D eigenvalue weighted by Gasteiger charge is 2.40. The van der Waals surface area contributed by atoms with Gasteiger partial charge < -0.3 is 0 Å². The van der Waals surface area contributed by atoms with Gasteiger partial charge in [0.15, 0.2) is 9.84 Å². The Kier molecular flexibility index (Phi) is 6.67. The Labute approximate surface area is 162 Å². The maximum atomic E-state index is 13.1. The van der Waals surface area contributed by atoms with E-state index in [1.807, 2.05) is 43.3 Å². The molecule has 0 aliphatic carbocycles. The molecule has 140 valence electrons. The zero-order valence-corrected chi connectivity index (χ0v) is 16.8. The molecule has 0 saturated carbocycles. The molecule has 0 amide bonds. The largest absolute Gasteiger partial charge is 0.296 e. The van der Waals surface area contributed by atoms with Crippen LogP contribution >= 0.6 is 12.4 Å². The summed E-state index contributed by atoms with van der Waals surface area (Å²) in [6, 6.07) is 17.3. The molecule has 0 saturated heterocycles. The Morgan fingerprint density at radius 1 is 1.08 bits per heavy atom. The minimum Gasteiger partial charge on any atom is -0.296 e. The number of hydrogen-bond acceptors (Lipinski definition) is 3. The number of nitrogens with one attached hydrogen (secondary N) is 1. The van der Waals surface area contributed by atoms with Crippen LogP contribution in [0.1, 0.15) is 43.9 Å². The highest BCUT2D eigenvalue weighted by molar-refractivity contribution is 7.91. The first-order chi connectivity index (χ1) is 12.0. The first kappa shape index (κ1) is 20.7. The molecule has 3 rings (SSSR count). The van der Waals surface area contributed by atoms with E-state index in [1.54, 1.807) is 12.1 Å². The van der Waals surface area contributed by atoms with Gasteiger partial charge in [0.25, 0.3) is 0 Å². The van der Waals surface area contributed by atoms with E-state index in [4.69, 9.17) is 0 Å². The van der Waals surface area contributed by atoms with Crippen LogP contribution in [-0.4, -0.2) is 19.7 Å². The predicted octanol–water partition coefficient (Wildman–Crippen LogP) is 4.69. The fourth-order valence-electron chi connectivity index (χ4n) is 3.50. The maximum absolute atomic E-state index is 13.1. The van der Waals surface area contributed by atoms with Crippen LogP contribution in [-0.2, 0) is 9.84 Å². The van der Waals surface area contributed by atoms with Crippen molar-refractivity contribution in [3.63, 3.8) is 0 Å². The van der Waals surface area contributed by atoms with Crippen LogP contribution in [0.5, 0.6) is 0 Å². The van der Waals surface area contributed by atoms with Gasteiger partial charge in [-0.05, 0) is 30.0 Å². The van der Waals surface area contributed by atoms with Crippen molar-refractivity contribution in [2.24, 2.45) is 0 Å². The number of hydrogen-bond donors (Lipinski definition) is 1. The lowest BCUT2D eigenvalue weighted by molar-refractivity contribution is 0.394. The molecular formula is C21H26ClNO2S. The quantitative estimate of drug-likeness (QED) is 0.769. The zero-order chi connectivity index (χ0) is 17.9. The molecule has 5 heteroatoms. The van der Waals surface area contributed by atoms with E-state index in [-0.39, 0.29) is 24.2 Å². The van der Waals surface area contributed by atoms with Crippen molar-refractivity contribution in [1.82, 2.24) is 5.32 Å². The van der Waals surface area contributed by atoms with E-state index in [0.717, 1.165) is 17.5 Å². The fraction of sp³-hybridized carbons (Fsp3) is 0.333. The van der Waals surface area contributed by atoms with Crippen molar-refractivity contribution in [3.05, 3.63) is 77.9 Å². The van der Waals surface area contributed by atoms with E-state index in [2.05, 4.69) is 30.4 Å². The number of benzene rings is 2. The topological polar surface area (TPSA) is 46.2 Å². The average molecular weight is 392 g/mol. The summed E-state index contributed by atoms with van der Waals surface area (Å²) in [6.45, 7) is 4.11. The van der Waals surface area contributed by atoms with Crippen molar-refractivity contribution in [2.75, 3.05) is 5.75 Å². The third kappa shape index (κ3) is 4.03. The normalized spacial score (nSPS) is 24.5. The molecule has 2 unspecified atom stereocenters. The second-order valence-electron chi connectivity index (χ2n) is 6.61. The van der Waals surface area contributed by atoms with E-state index in [9.17, 15) is 8.42 Å². The van der Waals surface area contributed by atoms with Crippen molar-refractivity contribution in [2.45, 2.75) is 43.2 Å². The van der Waals surface area contributed by atoms with Crippen molar-refractivity contribution in [3.8, 4) is 0 Å². The molecule has 0 aromatic heterocycles. The molecule has 3 nitrogen and oxygen atoms in total. The number of fused-ring (bicyclic) bond motifs is 1. The van der Waals surface area contributed by atoms with Crippen molar-refractivity contribution < 1.29 is 8.42 Å². The smallest absolute Gasteiger partial charge is 0.180 e. The second kappa shape index (κ2) is 8.38. The highest BCUT2D eigenvalue weighted by Crippen LogP contribution is 2.36. The standard InChI is InChI=1S/C21H25NO2S.ClH/c1-3-5-15-21(4-2)16-25(23,24)19-14-10-9-13-18(19)20(22-21)17-11-7-6-8-12-17;/h5-15,20,22H,3-4,16H2,1-2H3;1H/b15-5+;. The molecule has 0 fully saturated rings. The number of allylic oxidation sites excluding steroid dienone is 1. The van der Waals surface area contributed by atoms with Crippen molar-refractivity contribution in [1.29, 1.82) is 0 Å². The molecule has 1 aliphatic rings. The van der Waals surface area contributed by atoms with Gasteiger partial charge in [0.05, 0.1) is 22.2 Å². The summed E-state index contributed by atoms with van der Waals surface area (Å²) in [7, 11) is -3.38. The monoisotopic (exact) mass is 391 g/mol. The van der Waals surface area contributed by atoms with Crippen LogP contribution in [0.25, 0.3) is 0 Å². The summed E-state index contributed by atoms with van der Waals surface area (Å²) in [5, 5.41) is 3.68. The SMILES string of the molecule is CC/C=C/C1(CC)CS(=O)(=O)c2ccccc2C(c2ccccc2)N1.Cl. The first-order valence-electron chi connectivity index (χ1n) is 8.83. The summed E-state index contributed by atoms with van der Waals surface area (Å²) >= 11 is 0. The molecule has 1 aliphatic heterocycles.